The highest BCUT2D eigenvalue weighted by atomic mass is 19.4. The Morgan fingerprint density at radius 3 is 2.22 bits per heavy atom. The van der Waals surface area contributed by atoms with Crippen LogP contribution in [0.3, 0.4) is 0 Å². The lowest BCUT2D eigenvalue weighted by atomic mass is 10.00. The quantitative estimate of drug-likeness (QED) is 0.220. The van der Waals surface area contributed by atoms with Crippen molar-refractivity contribution in [2.24, 2.45) is 0 Å². The molecule has 0 aliphatic carbocycles. The number of nitrogens with zero attached hydrogens (tertiary/aromatic N) is 4. The van der Waals surface area contributed by atoms with Gasteiger partial charge in [-0.1, -0.05) is 0 Å². The maximum Gasteiger partial charge on any atom is 0.417 e. The van der Waals surface area contributed by atoms with Gasteiger partial charge in [0.25, 0.3) is 0 Å². The molecule has 0 atom stereocenters. The molecule has 0 aliphatic heterocycles. The van der Waals surface area contributed by atoms with Crippen molar-refractivity contribution in [3.05, 3.63) is 72.1 Å². The van der Waals surface area contributed by atoms with Crippen LogP contribution in [0.25, 0.3) is 22.6 Å². The van der Waals surface area contributed by atoms with Crippen molar-refractivity contribution < 1.29 is 30.7 Å². The molecule has 36 heavy (non-hydrogen) atoms. The van der Waals surface area contributed by atoms with Gasteiger partial charge in [-0.25, -0.2) is 24.3 Å². The molecule has 0 spiro atoms. The smallest absolute Gasteiger partial charge is 0.368 e. The van der Waals surface area contributed by atoms with Crippen LogP contribution in [0.1, 0.15) is 11.1 Å². The van der Waals surface area contributed by atoms with E-state index in [-0.39, 0.29) is 47.5 Å². The van der Waals surface area contributed by atoms with Gasteiger partial charge in [0.15, 0.2) is 0 Å². The minimum atomic E-state index is -4.85. The fourth-order valence-corrected chi connectivity index (χ4v) is 3.25. The van der Waals surface area contributed by atoms with Gasteiger partial charge in [-0.15, -0.1) is 0 Å². The van der Waals surface area contributed by atoms with Gasteiger partial charge in [-0.3, -0.25) is 0 Å². The Hall–Kier alpha value is -4.23. The van der Waals surface area contributed by atoms with Gasteiger partial charge in [0.05, 0.1) is 22.4 Å². The highest BCUT2D eigenvalue weighted by Gasteiger charge is 2.35. The normalized spacial score (nSPS) is 12.0. The highest BCUT2D eigenvalue weighted by Crippen LogP contribution is 2.39. The Morgan fingerprint density at radius 2 is 1.58 bits per heavy atom. The van der Waals surface area contributed by atoms with E-state index in [0.717, 1.165) is 18.2 Å². The number of nitrogens with one attached hydrogen (secondary N) is 3. The highest BCUT2D eigenvalue weighted by molar-refractivity contribution is 5.79. The van der Waals surface area contributed by atoms with Crippen molar-refractivity contribution in [1.29, 1.82) is 0 Å². The molecule has 14 heteroatoms. The Labute approximate surface area is 198 Å². The van der Waals surface area contributed by atoms with Crippen molar-refractivity contribution in [3.8, 4) is 22.6 Å². The number of rotatable bonds is 7. The van der Waals surface area contributed by atoms with Crippen LogP contribution in [0.4, 0.5) is 42.5 Å². The van der Waals surface area contributed by atoms with Crippen molar-refractivity contribution in [2.75, 3.05) is 23.7 Å². The Bertz CT molecular complexity index is 1320. The van der Waals surface area contributed by atoms with E-state index in [1.54, 1.807) is 0 Å². The summed E-state index contributed by atoms with van der Waals surface area (Å²) in [5.41, 5.74) is -2.44. The molecule has 0 radical (unpaired) electrons. The zero-order valence-corrected chi connectivity index (χ0v) is 18.0. The van der Waals surface area contributed by atoms with E-state index in [0.29, 0.717) is 12.3 Å². The van der Waals surface area contributed by atoms with E-state index in [1.807, 2.05) is 0 Å². The Kier molecular flexibility index (Phi) is 6.77. The number of alkyl halides is 6. The molecule has 1 aromatic carbocycles. The number of anilines is 2. The van der Waals surface area contributed by atoms with Crippen LogP contribution < -0.4 is 10.6 Å². The fraction of sp³-hybridized carbons (Fsp3) is 0.182. The second kappa shape index (κ2) is 9.79. The van der Waals surface area contributed by atoms with Gasteiger partial charge >= 0.3 is 12.4 Å². The first-order valence-electron chi connectivity index (χ1n) is 10.3. The number of aromatic nitrogens is 5. The van der Waals surface area contributed by atoms with Crippen LogP contribution in [0.15, 0.2) is 55.1 Å². The molecular formula is C22H16F7N7. The average molecular weight is 511 g/mol. The van der Waals surface area contributed by atoms with Crippen LogP contribution >= 0.6 is 0 Å². The molecular weight excluding hydrogens is 495 g/mol. The summed E-state index contributed by atoms with van der Waals surface area (Å²) < 4.78 is 92.5. The molecule has 4 aromatic rings. The molecule has 3 heterocycles. The number of pyridine rings is 1. The van der Waals surface area contributed by atoms with Gasteiger partial charge in [0, 0.05) is 43.4 Å². The summed E-state index contributed by atoms with van der Waals surface area (Å²) in [5.74, 6) is -0.675. The lowest BCUT2D eigenvalue weighted by Gasteiger charge is -2.16. The van der Waals surface area contributed by atoms with E-state index in [4.69, 9.17) is 0 Å². The summed E-state index contributed by atoms with van der Waals surface area (Å²) in [6, 6.07) is 4.31. The number of H-pyrrole nitrogens is 1. The SMILES string of the molecule is Fc1ccc(-c2nc(NCCNc3ccc(C(F)(F)F)cn3)ncc2-c2ncc[nH]2)c(C(F)(F)F)c1. The van der Waals surface area contributed by atoms with Gasteiger partial charge < -0.3 is 15.6 Å². The molecule has 188 valence electrons. The average Bonchev–Trinajstić information content (AvgIpc) is 3.36. The summed E-state index contributed by atoms with van der Waals surface area (Å²) in [6.07, 6.45) is -4.50. The van der Waals surface area contributed by atoms with Gasteiger partial charge in [-0.05, 0) is 30.3 Å². The number of hydrogen-bond donors (Lipinski definition) is 3. The van der Waals surface area contributed by atoms with Gasteiger partial charge in [0.2, 0.25) is 5.95 Å². The molecule has 0 amide bonds. The number of halogens is 7. The van der Waals surface area contributed by atoms with Gasteiger partial charge in [0.1, 0.15) is 17.5 Å². The molecule has 7 nitrogen and oxygen atoms in total. The molecule has 0 saturated heterocycles. The minimum absolute atomic E-state index is 0.0278. The molecule has 0 fully saturated rings. The van der Waals surface area contributed by atoms with Crippen LogP contribution in [0, 0.1) is 5.82 Å². The molecule has 0 unspecified atom stereocenters. The first-order valence-corrected chi connectivity index (χ1v) is 10.3. The first-order chi connectivity index (χ1) is 17.0. The van der Waals surface area contributed by atoms with Crippen molar-refractivity contribution in [1.82, 2.24) is 24.9 Å². The maximum absolute atomic E-state index is 13.7. The molecule has 0 saturated carbocycles. The fourth-order valence-electron chi connectivity index (χ4n) is 3.25. The monoisotopic (exact) mass is 511 g/mol. The van der Waals surface area contributed by atoms with E-state index < -0.39 is 29.3 Å². The van der Waals surface area contributed by atoms with Crippen LogP contribution in [0.2, 0.25) is 0 Å². The molecule has 0 aliphatic rings. The molecule has 0 bridgehead atoms. The predicted octanol–water partition coefficient (Wildman–Crippen LogP) is 5.63. The number of hydrogen-bond acceptors (Lipinski definition) is 6. The summed E-state index contributed by atoms with van der Waals surface area (Å²) in [5, 5.41) is 5.63. The van der Waals surface area contributed by atoms with Crippen molar-refractivity contribution in [2.45, 2.75) is 12.4 Å². The maximum atomic E-state index is 13.7. The van der Waals surface area contributed by atoms with Crippen LogP contribution in [-0.2, 0) is 12.4 Å². The predicted molar refractivity (Wildman–Crippen MR) is 116 cm³/mol. The largest absolute Gasteiger partial charge is 0.417 e. The summed E-state index contributed by atoms with van der Waals surface area (Å²) in [6.45, 7) is 0.332. The topological polar surface area (TPSA) is 91.4 Å². The first kappa shape index (κ1) is 24.9. The third-order valence-corrected chi connectivity index (χ3v) is 4.89. The van der Waals surface area contributed by atoms with E-state index in [2.05, 4.69) is 35.6 Å². The molecule has 4 rings (SSSR count). The van der Waals surface area contributed by atoms with E-state index in [1.165, 1.54) is 24.7 Å². The van der Waals surface area contributed by atoms with Gasteiger partial charge in [-0.2, -0.15) is 26.3 Å². The third-order valence-electron chi connectivity index (χ3n) is 4.89. The zero-order valence-electron chi connectivity index (χ0n) is 18.0. The molecule has 3 aromatic heterocycles. The van der Waals surface area contributed by atoms with E-state index >= 15 is 0 Å². The third kappa shape index (κ3) is 5.70. The second-order valence-corrected chi connectivity index (χ2v) is 7.36. The summed E-state index contributed by atoms with van der Waals surface area (Å²) >= 11 is 0. The second-order valence-electron chi connectivity index (χ2n) is 7.36. The zero-order chi connectivity index (χ0) is 25.9. The van der Waals surface area contributed by atoms with E-state index in [9.17, 15) is 30.7 Å². The minimum Gasteiger partial charge on any atom is -0.368 e. The summed E-state index contributed by atoms with van der Waals surface area (Å²) in [7, 11) is 0. The van der Waals surface area contributed by atoms with Crippen molar-refractivity contribution in [3.63, 3.8) is 0 Å². The van der Waals surface area contributed by atoms with Crippen LogP contribution in [0.5, 0.6) is 0 Å². The van der Waals surface area contributed by atoms with Crippen molar-refractivity contribution >= 4 is 11.8 Å². The lowest BCUT2D eigenvalue weighted by molar-refractivity contribution is -0.138. The Morgan fingerprint density at radius 1 is 0.806 bits per heavy atom. The number of aromatic amines is 1. The Balaban J connectivity index is 1.55. The number of imidazole rings is 1. The van der Waals surface area contributed by atoms with Crippen LogP contribution in [-0.4, -0.2) is 38.0 Å². The standard InChI is InChI=1S/C22H16F7N7/c23-13-2-3-14(16(9-13)22(27,28)29)18-15(19-31-6-7-32-19)11-35-20(36-18)33-8-5-30-17-4-1-12(10-34-17)21(24,25)26/h1-4,6-7,9-11H,5,8H2,(H,30,34)(H,31,32)(H,33,35,36). The summed E-state index contributed by atoms with van der Waals surface area (Å²) in [4.78, 5) is 18.8. The number of benzene rings is 1. The molecule has 3 N–H and O–H groups in total. The lowest BCUT2D eigenvalue weighted by Crippen LogP contribution is -2.16.